The summed E-state index contributed by atoms with van der Waals surface area (Å²) in [4.78, 5) is 45.4. The molecule has 4 aromatic rings. The number of fused-ring (bicyclic) bond motifs is 1. The molecule has 5 rings (SSSR count). The normalized spacial score (nSPS) is 14.8. The Balaban J connectivity index is 0.000000309. The molecule has 4 unspecified atom stereocenters. The fraction of sp³-hybridized carbons (Fsp3) is 0.317. The molecule has 7 N–H and O–H groups in total. The standard InChI is InChI=1S/C25H24O8.C14H18O6.C2H4O2/c1-12-3-6-18(28)24-21(12)22(23(33-24)15-5-8-17(27)20(30)11-15)25(31)32-13(2)9-14-4-7-16(26)19(29)10-14;1-3-4-13(17)20-12(14(18)19-2)8-9-5-6-10(15)11(16)7-9;1-4-2-3/h3-8,10-11,13,22-23,26-30H,9H2,1-2H3;5-7,12,15-16H,3-4,8H2,1-2H3;2H,1H3. The minimum Gasteiger partial charge on any atom is -0.504 e. The van der Waals surface area contributed by atoms with E-state index in [2.05, 4.69) is 9.47 Å². The van der Waals surface area contributed by atoms with E-state index in [1.165, 1.54) is 68.8 Å². The summed E-state index contributed by atoms with van der Waals surface area (Å²) in [7, 11) is 2.52. The van der Waals surface area contributed by atoms with Crippen molar-refractivity contribution in [2.24, 2.45) is 0 Å². The molecule has 0 amide bonds. The molecular formula is C41H46O16. The van der Waals surface area contributed by atoms with Gasteiger partial charge in [-0.3, -0.25) is 14.4 Å². The van der Waals surface area contributed by atoms with Crippen LogP contribution in [-0.4, -0.2) is 86.6 Å². The maximum absolute atomic E-state index is 13.3. The molecule has 16 nitrogen and oxygen atoms in total. The van der Waals surface area contributed by atoms with Crippen molar-refractivity contribution in [1.82, 2.24) is 0 Å². The number of methoxy groups -OCH3 is 2. The van der Waals surface area contributed by atoms with Gasteiger partial charge in [-0.1, -0.05) is 31.2 Å². The van der Waals surface area contributed by atoms with Gasteiger partial charge in [0.05, 0.1) is 14.2 Å². The van der Waals surface area contributed by atoms with E-state index >= 15 is 0 Å². The lowest BCUT2D eigenvalue weighted by molar-refractivity contribution is -0.166. The van der Waals surface area contributed by atoms with Gasteiger partial charge in [0.15, 0.2) is 46.0 Å². The predicted molar refractivity (Wildman–Crippen MR) is 201 cm³/mol. The Labute approximate surface area is 328 Å². The summed E-state index contributed by atoms with van der Waals surface area (Å²) in [5.74, 6) is -4.33. The van der Waals surface area contributed by atoms with E-state index in [0.29, 0.717) is 41.6 Å². The quantitative estimate of drug-likeness (QED) is 0.0419. The number of carbonyl (C=O) groups excluding carboxylic acids is 4. The zero-order chi connectivity index (χ0) is 42.4. The molecule has 16 heteroatoms. The highest BCUT2D eigenvalue weighted by Crippen LogP contribution is 2.52. The Morgan fingerprint density at radius 2 is 1.26 bits per heavy atom. The molecule has 0 aromatic heterocycles. The maximum atomic E-state index is 13.3. The first-order valence-corrected chi connectivity index (χ1v) is 17.5. The van der Waals surface area contributed by atoms with Gasteiger partial charge >= 0.3 is 17.9 Å². The van der Waals surface area contributed by atoms with Crippen molar-refractivity contribution in [3.8, 4) is 46.0 Å². The van der Waals surface area contributed by atoms with E-state index < -0.39 is 42.1 Å². The van der Waals surface area contributed by atoms with Gasteiger partial charge in [-0.2, -0.15) is 0 Å². The van der Waals surface area contributed by atoms with Crippen LogP contribution in [0.5, 0.6) is 46.0 Å². The molecule has 1 heterocycles. The van der Waals surface area contributed by atoms with E-state index in [1.54, 1.807) is 26.0 Å². The van der Waals surface area contributed by atoms with Crippen LogP contribution in [-0.2, 0) is 51.0 Å². The number of phenolic OH excluding ortho intramolecular Hbond substituents is 7. The van der Waals surface area contributed by atoms with Crippen LogP contribution in [0.2, 0.25) is 0 Å². The Morgan fingerprint density at radius 1 is 0.737 bits per heavy atom. The molecule has 0 saturated heterocycles. The fourth-order valence-corrected chi connectivity index (χ4v) is 5.74. The van der Waals surface area contributed by atoms with Crippen LogP contribution in [0.25, 0.3) is 0 Å². The molecule has 0 aliphatic carbocycles. The van der Waals surface area contributed by atoms with Crippen molar-refractivity contribution in [3.05, 3.63) is 94.5 Å². The number of rotatable bonds is 12. The van der Waals surface area contributed by atoms with Gasteiger partial charge in [-0.15, -0.1) is 0 Å². The summed E-state index contributed by atoms with van der Waals surface area (Å²) in [5, 5.41) is 67.8. The monoisotopic (exact) mass is 794 g/mol. The van der Waals surface area contributed by atoms with Crippen molar-refractivity contribution in [1.29, 1.82) is 0 Å². The Morgan fingerprint density at radius 3 is 1.77 bits per heavy atom. The smallest absolute Gasteiger partial charge is 0.347 e. The second kappa shape index (κ2) is 20.7. The molecule has 0 radical (unpaired) electrons. The summed E-state index contributed by atoms with van der Waals surface area (Å²) in [6.45, 7) is 5.70. The van der Waals surface area contributed by atoms with Crippen molar-refractivity contribution in [2.45, 2.75) is 70.7 Å². The number of hydrogen-bond acceptors (Lipinski definition) is 16. The molecule has 0 fully saturated rings. The zero-order valence-corrected chi connectivity index (χ0v) is 31.9. The molecule has 4 aromatic carbocycles. The topological polar surface area (TPSA) is 256 Å². The molecule has 0 bridgehead atoms. The molecule has 4 atom stereocenters. The van der Waals surface area contributed by atoms with E-state index in [4.69, 9.17) is 19.0 Å². The van der Waals surface area contributed by atoms with E-state index in [-0.39, 0.29) is 58.8 Å². The number of phenols is 7. The molecular weight excluding hydrogens is 748 g/mol. The van der Waals surface area contributed by atoms with E-state index in [1.807, 2.05) is 6.92 Å². The van der Waals surface area contributed by atoms with Crippen LogP contribution in [0.1, 0.15) is 66.5 Å². The van der Waals surface area contributed by atoms with Gasteiger partial charge in [-0.05, 0) is 85.0 Å². The van der Waals surface area contributed by atoms with E-state index in [9.17, 15) is 50.1 Å². The number of benzene rings is 4. The number of carbonyl (C=O) groups is 4. The van der Waals surface area contributed by atoms with Crippen LogP contribution in [0.4, 0.5) is 0 Å². The summed E-state index contributed by atoms with van der Waals surface area (Å²) >= 11 is 0. The highest BCUT2D eigenvalue weighted by atomic mass is 16.6. The molecule has 306 valence electrons. The lowest BCUT2D eigenvalue weighted by Gasteiger charge is -2.22. The minimum absolute atomic E-state index is 0.0654. The van der Waals surface area contributed by atoms with Crippen molar-refractivity contribution in [3.63, 3.8) is 0 Å². The van der Waals surface area contributed by atoms with Gasteiger partial charge in [0.2, 0.25) is 6.10 Å². The van der Waals surface area contributed by atoms with Crippen LogP contribution >= 0.6 is 0 Å². The van der Waals surface area contributed by atoms with Crippen molar-refractivity contribution < 1.29 is 78.6 Å². The van der Waals surface area contributed by atoms with Crippen molar-refractivity contribution >= 4 is 24.4 Å². The lowest BCUT2D eigenvalue weighted by Crippen LogP contribution is -2.30. The van der Waals surface area contributed by atoms with Crippen LogP contribution < -0.4 is 4.74 Å². The predicted octanol–water partition coefficient (Wildman–Crippen LogP) is 5.23. The first-order chi connectivity index (χ1) is 27.0. The highest BCUT2D eigenvalue weighted by molar-refractivity contribution is 5.83. The van der Waals surface area contributed by atoms with Crippen molar-refractivity contribution in [2.75, 3.05) is 14.2 Å². The van der Waals surface area contributed by atoms with Crippen LogP contribution in [0.3, 0.4) is 0 Å². The number of esters is 3. The summed E-state index contributed by atoms with van der Waals surface area (Å²) in [6, 6.07) is 15.8. The number of aromatic hydroxyl groups is 7. The van der Waals surface area contributed by atoms with Gasteiger partial charge in [0.1, 0.15) is 18.1 Å². The maximum Gasteiger partial charge on any atom is 0.347 e. The van der Waals surface area contributed by atoms with Crippen LogP contribution in [0.15, 0.2) is 66.7 Å². The van der Waals surface area contributed by atoms with Gasteiger partial charge in [-0.25, -0.2) is 4.79 Å². The number of aryl methyl sites for hydroxylation is 1. The third kappa shape index (κ3) is 12.1. The lowest BCUT2D eigenvalue weighted by atomic mass is 9.88. The highest BCUT2D eigenvalue weighted by Gasteiger charge is 2.44. The molecule has 1 aliphatic heterocycles. The first-order valence-electron chi connectivity index (χ1n) is 17.5. The van der Waals surface area contributed by atoms with Gasteiger partial charge in [0.25, 0.3) is 6.47 Å². The number of hydrogen-bond donors (Lipinski definition) is 7. The zero-order valence-electron chi connectivity index (χ0n) is 31.9. The largest absolute Gasteiger partial charge is 0.504 e. The van der Waals surface area contributed by atoms with Crippen LogP contribution in [0, 0.1) is 6.92 Å². The molecule has 0 spiro atoms. The second-order valence-electron chi connectivity index (χ2n) is 12.8. The summed E-state index contributed by atoms with van der Waals surface area (Å²) in [6.07, 6.45) is -1.34. The number of ether oxygens (including phenoxy) is 5. The average molecular weight is 795 g/mol. The molecule has 0 saturated carbocycles. The third-order valence-electron chi connectivity index (χ3n) is 8.46. The summed E-state index contributed by atoms with van der Waals surface area (Å²) in [5.41, 5.74) is 2.86. The third-order valence-corrected chi connectivity index (χ3v) is 8.46. The average Bonchev–Trinajstić information content (AvgIpc) is 3.59. The Kier molecular flexibility index (Phi) is 16.2. The second-order valence-corrected chi connectivity index (χ2v) is 12.8. The minimum atomic E-state index is -1.07. The summed E-state index contributed by atoms with van der Waals surface area (Å²) < 4.78 is 25.2. The first kappa shape index (κ1) is 44.6. The SMILES string of the molecule is CCCC(=O)OC(Cc1ccc(O)c(O)c1)C(=O)OC.COC=O.Cc1ccc(O)c2c1C(C(=O)OC(C)Cc1ccc(O)c(O)c1)C(c1ccc(O)c(O)c1)O2. The molecule has 57 heavy (non-hydrogen) atoms. The Hall–Kier alpha value is -6.84. The van der Waals surface area contributed by atoms with Gasteiger partial charge in [0, 0.05) is 24.8 Å². The van der Waals surface area contributed by atoms with E-state index in [0.717, 1.165) is 5.56 Å². The molecule has 1 aliphatic rings. The van der Waals surface area contributed by atoms with Gasteiger partial charge < -0.3 is 59.4 Å². The fourth-order valence-electron chi connectivity index (χ4n) is 5.74. The Bertz CT molecular complexity index is 2030.